The molecular formula is C17H24Cl2N2. The lowest BCUT2D eigenvalue weighted by Gasteiger charge is -2.46. The standard InChI is InChI=1S/C17H24Cl2N2/c1-2-15-10-20-17(7-3-4-8-17)12-21(15)11-13-5-6-14(18)9-16(13)19/h5-6,9,15,20H,2-4,7-8,10-12H2,1H3. The van der Waals surface area contributed by atoms with E-state index in [1.807, 2.05) is 12.1 Å². The number of benzene rings is 1. The number of halogens is 2. The molecule has 1 saturated heterocycles. The average Bonchev–Trinajstić information content (AvgIpc) is 2.90. The molecular weight excluding hydrogens is 303 g/mol. The maximum Gasteiger partial charge on any atom is 0.0465 e. The minimum absolute atomic E-state index is 0.352. The van der Waals surface area contributed by atoms with Gasteiger partial charge in [-0.1, -0.05) is 49.0 Å². The average molecular weight is 327 g/mol. The lowest BCUT2D eigenvalue weighted by atomic mass is 9.91. The Kier molecular flexibility index (Phi) is 4.80. The van der Waals surface area contributed by atoms with E-state index >= 15 is 0 Å². The molecule has 0 amide bonds. The van der Waals surface area contributed by atoms with Gasteiger partial charge in [-0.3, -0.25) is 4.90 Å². The van der Waals surface area contributed by atoms with E-state index in [2.05, 4.69) is 23.2 Å². The first kappa shape index (κ1) is 15.6. The maximum absolute atomic E-state index is 6.36. The van der Waals surface area contributed by atoms with Crippen LogP contribution in [0.5, 0.6) is 0 Å². The van der Waals surface area contributed by atoms with E-state index in [0.717, 1.165) is 24.7 Å². The molecule has 2 nitrogen and oxygen atoms in total. The zero-order valence-corrected chi connectivity index (χ0v) is 14.2. The van der Waals surface area contributed by atoms with Crippen LogP contribution >= 0.6 is 23.2 Å². The zero-order chi connectivity index (χ0) is 14.9. The van der Waals surface area contributed by atoms with E-state index in [4.69, 9.17) is 23.2 Å². The molecule has 3 rings (SSSR count). The van der Waals surface area contributed by atoms with Gasteiger partial charge in [0.15, 0.2) is 0 Å². The highest BCUT2D eigenvalue weighted by Crippen LogP contribution is 2.34. The highest BCUT2D eigenvalue weighted by atomic mass is 35.5. The van der Waals surface area contributed by atoms with Crippen molar-refractivity contribution in [2.45, 2.75) is 57.2 Å². The SMILES string of the molecule is CCC1CNC2(CCCC2)CN1Cc1ccc(Cl)cc1Cl. The summed E-state index contributed by atoms with van der Waals surface area (Å²) in [7, 11) is 0. The molecule has 2 fully saturated rings. The van der Waals surface area contributed by atoms with Crippen molar-refractivity contribution in [2.75, 3.05) is 13.1 Å². The molecule has 0 radical (unpaired) electrons. The number of piperazine rings is 1. The van der Waals surface area contributed by atoms with Crippen molar-refractivity contribution >= 4 is 23.2 Å². The minimum Gasteiger partial charge on any atom is -0.308 e. The lowest BCUT2D eigenvalue weighted by Crippen LogP contribution is -2.62. The summed E-state index contributed by atoms with van der Waals surface area (Å²) in [4.78, 5) is 2.62. The largest absolute Gasteiger partial charge is 0.308 e. The number of nitrogens with zero attached hydrogens (tertiary/aromatic N) is 1. The van der Waals surface area contributed by atoms with E-state index in [-0.39, 0.29) is 0 Å². The van der Waals surface area contributed by atoms with Crippen molar-refractivity contribution in [1.29, 1.82) is 0 Å². The van der Waals surface area contributed by atoms with Gasteiger partial charge >= 0.3 is 0 Å². The molecule has 2 aliphatic rings. The summed E-state index contributed by atoms with van der Waals surface area (Å²) >= 11 is 12.4. The fourth-order valence-corrected chi connectivity index (χ4v) is 4.35. The Morgan fingerprint density at radius 2 is 2.05 bits per heavy atom. The smallest absolute Gasteiger partial charge is 0.0465 e. The molecule has 1 atom stereocenters. The van der Waals surface area contributed by atoms with E-state index in [9.17, 15) is 0 Å². The zero-order valence-electron chi connectivity index (χ0n) is 12.7. The van der Waals surface area contributed by atoms with Crippen molar-refractivity contribution in [2.24, 2.45) is 0 Å². The summed E-state index contributed by atoms with van der Waals surface area (Å²) < 4.78 is 0. The van der Waals surface area contributed by atoms with Gasteiger partial charge in [0, 0.05) is 41.3 Å². The van der Waals surface area contributed by atoms with Crippen molar-refractivity contribution in [3.05, 3.63) is 33.8 Å². The van der Waals surface area contributed by atoms with E-state index in [1.165, 1.54) is 37.7 Å². The molecule has 1 aliphatic carbocycles. The molecule has 1 N–H and O–H groups in total. The van der Waals surface area contributed by atoms with Gasteiger partial charge in [0.25, 0.3) is 0 Å². The third-order valence-corrected chi connectivity index (χ3v) is 5.74. The Hall–Kier alpha value is -0.280. The van der Waals surface area contributed by atoms with E-state index in [0.29, 0.717) is 16.6 Å². The van der Waals surface area contributed by atoms with E-state index in [1.54, 1.807) is 0 Å². The monoisotopic (exact) mass is 326 g/mol. The number of nitrogens with one attached hydrogen (secondary N) is 1. The normalized spacial score (nSPS) is 25.6. The number of rotatable bonds is 3. The van der Waals surface area contributed by atoms with Crippen molar-refractivity contribution in [3.8, 4) is 0 Å². The second kappa shape index (κ2) is 6.45. The van der Waals surface area contributed by atoms with Gasteiger partial charge in [0.2, 0.25) is 0 Å². The van der Waals surface area contributed by atoms with Crippen molar-refractivity contribution in [1.82, 2.24) is 10.2 Å². The summed E-state index contributed by atoms with van der Waals surface area (Å²) in [6, 6.07) is 6.47. The quantitative estimate of drug-likeness (QED) is 0.880. The van der Waals surface area contributed by atoms with Crippen LogP contribution in [0.4, 0.5) is 0 Å². The molecule has 1 aromatic rings. The Balaban J connectivity index is 1.76. The Bertz CT molecular complexity index is 498. The highest BCUT2D eigenvalue weighted by Gasteiger charge is 2.40. The maximum atomic E-state index is 6.36. The van der Waals surface area contributed by atoms with Gasteiger partial charge in [0.1, 0.15) is 0 Å². The first-order valence-corrected chi connectivity index (χ1v) is 8.80. The van der Waals surface area contributed by atoms with Gasteiger partial charge in [-0.25, -0.2) is 0 Å². The molecule has 1 saturated carbocycles. The second-order valence-corrected chi connectivity index (χ2v) is 7.41. The predicted molar refractivity (Wildman–Crippen MR) is 90.2 cm³/mol. The summed E-state index contributed by atoms with van der Waals surface area (Å²) in [5.41, 5.74) is 1.54. The van der Waals surface area contributed by atoms with Crippen LogP contribution in [0.3, 0.4) is 0 Å². The summed E-state index contributed by atoms with van der Waals surface area (Å²) in [5.74, 6) is 0. The van der Waals surface area contributed by atoms with Gasteiger partial charge in [-0.15, -0.1) is 0 Å². The van der Waals surface area contributed by atoms with Crippen molar-refractivity contribution < 1.29 is 0 Å². The fraction of sp³-hybridized carbons (Fsp3) is 0.647. The van der Waals surface area contributed by atoms with Crippen LogP contribution in [-0.2, 0) is 6.54 Å². The number of hydrogen-bond acceptors (Lipinski definition) is 2. The first-order valence-electron chi connectivity index (χ1n) is 8.05. The van der Waals surface area contributed by atoms with Crippen LogP contribution in [0.2, 0.25) is 10.0 Å². The lowest BCUT2D eigenvalue weighted by molar-refractivity contribution is 0.0718. The van der Waals surface area contributed by atoms with E-state index < -0.39 is 0 Å². The molecule has 0 aromatic heterocycles. The molecule has 1 aromatic carbocycles. The van der Waals surface area contributed by atoms with Crippen LogP contribution in [0.1, 0.15) is 44.6 Å². The van der Waals surface area contributed by atoms with Crippen LogP contribution in [-0.4, -0.2) is 29.6 Å². The summed E-state index contributed by atoms with van der Waals surface area (Å²) in [6.45, 7) is 5.44. The fourth-order valence-electron chi connectivity index (χ4n) is 3.88. The van der Waals surface area contributed by atoms with Gasteiger partial charge < -0.3 is 5.32 Å². The highest BCUT2D eigenvalue weighted by molar-refractivity contribution is 6.35. The second-order valence-electron chi connectivity index (χ2n) is 6.57. The third-order valence-electron chi connectivity index (χ3n) is 5.16. The Morgan fingerprint density at radius 3 is 2.71 bits per heavy atom. The van der Waals surface area contributed by atoms with Gasteiger partial charge in [-0.2, -0.15) is 0 Å². The molecule has 116 valence electrons. The van der Waals surface area contributed by atoms with Crippen LogP contribution in [0, 0.1) is 0 Å². The summed E-state index contributed by atoms with van der Waals surface area (Å²) in [5, 5.41) is 5.34. The molecule has 1 aliphatic heterocycles. The molecule has 21 heavy (non-hydrogen) atoms. The first-order chi connectivity index (χ1) is 10.1. The number of hydrogen-bond donors (Lipinski definition) is 1. The predicted octanol–water partition coefficient (Wildman–Crippen LogP) is 4.49. The third kappa shape index (κ3) is 3.39. The topological polar surface area (TPSA) is 15.3 Å². The van der Waals surface area contributed by atoms with Crippen LogP contribution < -0.4 is 5.32 Å². The molecule has 0 bridgehead atoms. The summed E-state index contributed by atoms with van der Waals surface area (Å²) in [6.07, 6.45) is 6.52. The molecule has 1 spiro atoms. The molecule has 4 heteroatoms. The molecule has 1 heterocycles. The van der Waals surface area contributed by atoms with Crippen LogP contribution in [0.25, 0.3) is 0 Å². The van der Waals surface area contributed by atoms with Crippen molar-refractivity contribution in [3.63, 3.8) is 0 Å². The van der Waals surface area contributed by atoms with Crippen LogP contribution in [0.15, 0.2) is 18.2 Å². The van der Waals surface area contributed by atoms with Gasteiger partial charge in [0.05, 0.1) is 0 Å². The Labute approximate surface area is 137 Å². The Morgan fingerprint density at radius 1 is 1.29 bits per heavy atom. The molecule has 1 unspecified atom stereocenters. The van der Waals surface area contributed by atoms with Gasteiger partial charge in [-0.05, 0) is 37.0 Å². The minimum atomic E-state index is 0.352.